The van der Waals surface area contributed by atoms with Gasteiger partial charge in [-0.2, -0.15) is 0 Å². The van der Waals surface area contributed by atoms with E-state index in [0.717, 1.165) is 43.9 Å². The van der Waals surface area contributed by atoms with E-state index >= 15 is 0 Å². The number of esters is 2. The van der Waals surface area contributed by atoms with E-state index in [1.807, 2.05) is 0 Å². The number of benzene rings is 1. The molecule has 2 aliphatic rings. The van der Waals surface area contributed by atoms with Gasteiger partial charge in [0.15, 0.2) is 0 Å². The quantitative estimate of drug-likeness (QED) is 0.767. The van der Waals surface area contributed by atoms with E-state index in [2.05, 4.69) is 4.74 Å². The van der Waals surface area contributed by atoms with Gasteiger partial charge in [-0.25, -0.2) is 13.6 Å². The summed E-state index contributed by atoms with van der Waals surface area (Å²) in [5.74, 6) is -2.53. The van der Waals surface area contributed by atoms with Crippen LogP contribution in [0.25, 0.3) is 0 Å². The monoisotopic (exact) mass is 338 g/mol. The van der Waals surface area contributed by atoms with Crippen molar-refractivity contribution in [2.75, 3.05) is 7.11 Å². The Kier molecular flexibility index (Phi) is 4.32. The highest BCUT2D eigenvalue weighted by molar-refractivity contribution is 5.89. The molecule has 2 saturated carbocycles. The van der Waals surface area contributed by atoms with Crippen LogP contribution in [-0.4, -0.2) is 24.6 Å². The Balaban J connectivity index is 1.66. The molecule has 0 radical (unpaired) electrons. The van der Waals surface area contributed by atoms with Gasteiger partial charge in [-0.15, -0.1) is 0 Å². The van der Waals surface area contributed by atoms with E-state index in [4.69, 9.17) is 4.74 Å². The Hall–Kier alpha value is -1.98. The van der Waals surface area contributed by atoms with E-state index < -0.39 is 23.2 Å². The molecular formula is C18H20F2O4. The van der Waals surface area contributed by atoms with Crippen LogP contribution in [0.15, 0.2) is 18.2 Å². The van der Waals surface area contributed by atoms with E-state index in [1.54, 1.807) is 0 Å². The maximum atomic E-state index is 13.3. The van der Waals surface area contributed by atoms with E-state index in [9.17, 15) is 18.4 Å². The second-order valence-corrected chi connectivity index (χ2v) is 6.98. The lowest BCUT2D eigenvalue weighted by atomic mass is 9.80. The fourth-order valence-corrected chi connectivity index (χ4v) is 4.15. The SMILES string of the molecule is COC(=O)CCC12CCC(OC(=O)c3cc(F)cc(F)c3)(CC1)C2. The fraction of sp³-hybridized carbons (Fsp3) is 0.556. The molecule has 0 aromatic heterocycles. The van der Waals surface area contributed by atoms with Gasteiger partial charge < -0.3 is 9.47 Å². The Morgan fingerprint density at radius 2 is 1.71 bits per heavy atom. The minimum atomic E-state index is -0.801. The molecule has 0 N–H and O–H groups in total. The molecule has 0 unspecified atom stereocenters. The molecule has 0 saturated heterocycles. The van der Waals surface area contributed by atoms with Crippen LogP contribution in [0, 0.1) is 17.0 Å². The average molecular weight is 338 g/mol. The highest BCUT2D eigenvalue weighted by Gasteiger charge is 2.56. The van der Waals surface area contributed by atoms with Crippen LogP contribution in [0.2, 0.25) is 0 Å². The lowest BCUT2D eigenvalue weighted by Crippen LogP contribution is -2.30. The van der Waals surface area contributed by atoms with E-state index in [-0.39, 0.29) is 16.9 Å². The second-order valence-electron chi connectivity index (χ2n) is 6.98. The van der Waals surface area contributed by atoms with Crippen LogP contribution in [0.5, 0.6) is 0 Å². The molecule has 0 spiro atoms. The van der Waals surface area contributed by atoms with Crippen LogP contribution in [0.4, 0.5) is 8.78 Å². The number of hydrogen-bond acceptors (Lipinski definition) is 4. The summed E-state index contributed by atoms with van der Waals surface area (Å²) in [6.45, 7) is 0. The van der Waals surface area contributed by atoms with Crippen molar-refractivity contribution in [3.05, 3.63) is 35.4 Å². The predicted molar refractivity (Wildman–Crippen MR) is 81.3 cm³/mol. The molecule has 0 aliphatic heterocycles. The van der Waals surface area contributed by atoms with Crippen LogP contribution in [0.3, 0.4) is 0 Å². The van der Waals surface area contributed by atoms with Crippen molar-refractivity contribution in [3.63, 3.8) is 0 Å². The molecule has 1 aromatic carbocycles. The first-order valence-corrected chi connectivity index (χ1v) is 8.12. The average Bonchev–Trinajstić information content (AvgIpc) is 3.07. The fourth-order valence-electron chi connectivity index (χ4n) is 4.15. The largest absolute Gasteiger partial charge is 0.469 e. The van der Waals surface area contributed by atoms with Crippen molar-refractivity contribution in [2.45, 2.75) is 50.5 Å². The summed E-state index contributed by atoms with van der Waals surface area (Å²) in [7, 11) is 1.37. The van der Waals surface area contributed by atoms with Crippen molar-refractivity contribution >= 4 is 11.9 Å². The van der Waals surface area contributed by atoms with Gasteiger partial charge in [-0.3, -0.25) is 4.79 Å². The van der Waals surface area contributed by atoms with Gasteiger partial charge in [0.1, 0.15) is 17.2 Å². The Morgan fingerprint density at radius 1 is 1.08 bits per heavy atom. The first-order chi connectivity index (χ1) is 11.4. The van der Waals surface area contributed by atoms with Crippen molar-refractivity contribution in [1.29, 1.82) is 0 Å². The third kappa shape index (κ3) is 3.28. The molecule has 1 aromatic rings. The van der Waals surface area contributed by atoms with E-state index in [0.29, 0.717) is 19.3 Å². The number of hydrogen-bond donors (Lipinski definition) is 0. The number of carbonyl (C=O) groups excluding carboxylic acids is 2. The molecule has 0 heterocycles. The Bertz CT molecular complexity index is 643. The number of halogens is 2. The molecule has 3 rings (SSSR count). The summed E-state index contributed by atoms with van der Waals surface area (Å²) in [6, 6.07) is 2.69. The molecule has 24 heavy (non-hydrogen) atoms. The minimum absolute atomic E-state index is 0.00164. The van der Waals surface area contributed by atoms with Crippen LogP contribution < -0.4 is 0 Å². The maximum absolute atomic E-state index is 13.3. The molecule has 2 aliphatic carbocycles. The lowest BCUT2D eigenvalue weighted by Gasteiger charge is -2.27. The molecule has 2 bridgehead atoms. The molecule has 2 fully saturated rings. The van der Waals surface area contributed by atoms with Gasteiger partial charge >= 0.3 is 11.9 Å². The molecule has 0 atom stereocenters. The highest BCUT2D eigenvalue weighted by atomic mass is 19.1. The predicted octanol–water partition coefficient (Wildman–Crippen LogP) is 3.78. The summed E-state index contributed by atoms with van der Waals surface area (Å²) in [4.78, 5) is 23.6. The lowest BCUT2D eigenvalue weighted by molar-refractivity contribution is -0.141. The van der Waals surface area contributed by atoms with Gasteiger partial charge in [-0.1, -0.05) is 0 Å². The topological polar surface area (TPSA) is 52.6 Å². The van der Waals surface area contributed by atoms with Crippen molar-refractivity contribution in [3.8, 4) is 0 Å². The zero-order valence-electron chi connectivity index (χ0n) is 13.6. The number of fused-ring (bicyclic) bond motifs is 2. The zero-order valence-corrected chi connectivity index (χ0v) is 13.6. The summed E-state index contributed by atoms with van der Waals surface area (Å²) < 4.78 is 36.9. The Morgan fingerprint density at radius 3 is 2.29 bits per heavy atom. The van der Waals surface area contributed by atoms with E-state index in [1.165, 1.54) is 7.11 Å². The Labute approximate surface area is 139 Å². The molecule has 4 nitrogen and oxygen atoms in total. The van der Waals surface area contributed by atoms with Crippen molar-refractivity contribution in [2.24, 2.45) is 5.41 Å². The second kappa shape index (κ2) is 6.15. The summed E-state index contributed by atoms with van der Waals surface area (Å²) in [5, 5.41) is 0. The first-order valence-electron chi connectivity index (χ1n) is 8.12. The van der Waals surface area contributed by atoms with Gasteiger partial charge in [0.25, 0.3) is 0 Å². The molecule has 6 heteroatoms. The smallest absolute Gasteiger partial charge is 0.338 e. The van der Waals surface area contributed by atoms with Gasteiger partial charge in [-0.05, 0) is 56.1 Å². The number of rotatable bonds is 5. The summed E-state index contributed by atoms with van der Waals surface area (Å²) in [5.41, 5.74) is -0.682. The van der Waals surface area contributed by atoms with Crippen LogP contribution in [0.1, 0.15) is 55.3 Å². The van der Waals surface area contributed by atoms with Gasteiger partial charge in [0, 0.05) is 12.5 Å². The van der Waals surface area contributed by atoms with Gasteiger partial charge in [0.2, 0.25) is 0 Å². The van der Waals surface area contributed by atoms with Crippen LogP contribution in [-0.2, 0) is 14.3 Å². The summed E-state index contributed by atoms with van der Waals surface area (Å²) >= 11 is 0. The van der Waals surface area contributed by atoms with Crippen molar-refractivity contribution in [1.82, 2.24) is 0 Å². The van der Waals surface area contributed by atoms with Crippen LogP contribution >= 0.6 is 0 Å². The zero-order chi connectivity index (χ0) is 17.4. The maximum Gasteiger partial charge on any atom is 0.338 e. The standard InChI is InChI=1S/C18H20F2O4/c1-23-15(21)2-3-17-4-6-18(11-17,7-5-17)24-16(22)12-8-13(19)10-14(20)9-12/h8-10H,2-7,11H2,1H3. The number of methoxy groups -OCH3 is 1. The highest BCUT2D eigenvalue weighted by Crippen LogP contribution is 2.60. The molecule has 130 valence electrons. The number of carbonyl (C=O) groups is 2. The molecule has 0 amide bonds. The number of ether oxygens (including phenoxy) is 2. The third-order valence-electron chi connectivity index (χ3n) is 5.41. The third-order valence-corrected chi connectivity index (χ3v) is 5.41. The minimum Gasteiger partial charge on any atom is -0.469 e. The first kappa shape index (κ1) is 16.9. The van der Waals surface area contributed by atoms with Gasteiger partial charge in [0.05, 0.1) is 12.7 Å². The van der Waals surface area contributed by atoms with Crippen molar-refractivity contribution < 1.29 is 27.8 Å². The normalized spacial score (nSPS) is 28.0. The molecular weight excluding hydrogens is 318 g/mol. The summed E-state index contributed by atoms with van der Waals surface area (Å²) in [6.07, 6.45) is 4.97.